The number of rotatable bonds is 4. The summed E-state index contributed by atoms with van der Waals surface area (Å²) in [4.78, 5) is 12.4. The van der Waals surface area contributed by atoms with Crippen molar-refractivity contribution in [3.63, 3.8) is 0 Å². The SMILES string of the molecule is CC(C)(Cc1ccccc1)C(=O)Nc1cccc(O)c1. The predicted octanol–water partition coefficient (Wildman–Crippen LogP) is 3.60. The Labute approximate surface area is 119 Å². The van der Waals surface area contributed by atoms with E-state index >= 15 is 0 Å². The first-order chi connectivity index (χ1) is 9.47. The molecule has 3 heteroatoms. The fourth-order valence-electron chi connectivity index (χ4n) is 2.07. The van der Waals surface area contributed by atoms with E-state index in [9.17, 15) is 9.90 Å². The van der Waals surface area contributed by atoms with Gasteiger partial charge in [0.25, 0.3) is 0 Å². The molecule has 0 aliphatic rings. The van der Waals surface area contributed by atoms with E-state index in [-0.39, 0.29) is 11.7 Å². The van der Waals surface area contributed by atoms with E-state index in [1.807, 2.05) is 44.2 Å². The molecule has 0 heterocycles. The normalized spacial score (nSPS) is 11.1. The maximum absolute atomic E-state index is 12.4. The number of phenols is 1. The average molecular weight is 269 g/mol. The third-order valence-corrected chi connectivity index (χ3v) is 3.21. The van der Waals surface area contributed by atoms with Gasteiger partial charge in [-0.2, -0.15) is 0 Å². The highest BCUT2D eigenvalue weighted by molar-refractivity contribution is 5.95. The molecule has 2 N–H and O–H groups in total. The number of carbonyl (C=O) groups excluding carboxylic acids is 1. The van der Waals surface area contributed by atoms with Crippen molar-refractivity contribution in [1.82, 2.24) is 0 Å². The Morgan fingerprint density at radius 3 is 2.45 bits per heavy atom. The van der Waals surface area contributed by atoms with Crippen LogP contribution in [0.5, 0.6) is 5.75 Å². The van der Waals surface area contributed by atoms with Crippen LogP contribution in [-0.4, -0.2) is 11.0 Å². The molecular formula is C17H19NO2. The lowest BCUT2D eigenvalue weighted by atomic mass is 9.84. The molecule has 20 heavy (non-hydrogen) atoms. The van der Waals surface area contributed by atoms with Crippen molar-refractivity contribution in [1.29, 1.82) is 0 Å². The van der Waals surface area contributed by atoms with Crippen LogP contribution in [0, 0.1) is 5.41 Å². The molecule has 0 bridgehead atoms. The van der Waals surface area contributed by atoms with Crippen LogP contribution < -0.4 is 5.32 Å². The number of aromatic hydroxyl groups is 1. The zero-order valence-corrected chi connectivity index (χ0v) is 11.8. The van der Waals surface area contributed by atoms with Gasteiger partial charge in [-0.15, -0.1) is 0 Å². The number of phenolic OH excluding ortho intramolecular Hbond substituents is 1. The van der Waals surface area contributed by atoms with Crippen LogP contribution in [0.4, 0.5) is 5.69 Å². The maximum Gasteiger partial charge on any atom is 0.230 e. The van der Waals surface area contributed by atoms with Crippen molar-refractivity contribution in [2.75, 3.05) is 5.32 Å². The smallest absolute Gasteiger partial charge is 0.230 e. The van der Waals surface area contributed by atoms with Crippen LogP contribution in [0.15, 0.2) is 54.6 Å². The highest BCUT2D eigenvalue weighted by Gasteiger charge is 2.27. The summed E-state index contributed by atoms with van der Waals surface area (Å²) in [6.45, 7) is 3.83. The Morgan fingerprint density at radius 2 is 1.80 bits per heavy atom. The van der Waals surface area contributed by atoms with E-state index in [0.717, 1.165) is 5.56 Å². The lowest BCUT2D eigenvalue weighted by molar-refractivity contribution is -0.123. The van der Waals surface area contributed by atoms with Crippen LogP contribution in [0.3, 0.4) is 0 Å². The molecular weight excluding hydrogens is 250 g/mol. The Balaban J connectivity index is 2.07. The zero-order chi connectivity index (χ0) is 14.6. The van der Waals surface area contributed by atoms with E-state index in [1.54, 1.807) is 18.2 Å². The quantitative estimate of drug-likeness (QED) is 0.891. The number of benzene rings is 2. The molecule has 0 saturated heterocycles. The number of hydrogen-bond acceptors (Lipinski definition) is 2. The minimum absolute atomic E-state index is 0.0630. The molecule has 104 valence electrons. The van der Waals surface area contributed by atoms with Gasteiger partial charge in [-0.1, -0.05) is 50.2 Å². The van der Waals surface area contributed by atoms with E-state index in [2.05, 4.69) is 5.32 Å². The average Bonchev–Trinajstić information content (AvgIpc) is 2.39. The molecule has 0 unspecified atom stereocenters. The maximum atomic E-state index is 12.4. The van der Waals surface area contributed by atoms with Crippen LogP contribution in [0.2, 0.25) is 0 Å². The van der Waals surface area contributed by atoms with Crippen molar-refractivity contribution in [2.45, 2.75) is 20.3 Å². The van der Waals surface area contributed by atoms with E-state index < -0.39 is 5.41 Å². The van der Waals surface area contributed by atoms with Gasteiger partial charge in [0, 0.05) is 17.2 Å². The van der Waals surface area contributed by atoms with Crippen molar-refractivity contribution < 1.29 is 9.90 Å². The van der Waals surface area contributed by atoms with Gasteiger partial charge in [-0.05, 0) is 24.1 Å². The van der Waals surface area contributed by atoms with Crippen LogP contribution in [0.1, 0.15) is 19.4 Å². The number of hydrogen-bond donors (Lipinski definition) is 2. The largest absolute Gasteiger partial charge is 0.508 e. The zero-order valence-electron chi connectivity index (χ0n) is 11.8. The fraction of sp³-hybridized carbons (Fsp3) is 0.235. The first-order valence-electron chi connectivity index (χ1n) is 6.62. The molecule has 2 aromatic rings. The van der Waals surface area contributed by atoms with Gasteiger partial charge in [0.15, 0.2) is 0 Å². The summed E-state index contributed by atoms with van der Waals surface area (Å²) in [5.74, 6) is 0.0793. The van der Waals surface area contributed by atoms with Crippen molar-refractivity contribution in [3.05, 3.63) is 60.2 Å². The first-order valence-corrected chi connectivity index (χ1v) is 6.62. The Bertz CT molecular complexity index is 591. The molecule has 0 fully saturated rings. The predicted molar refractivity (Wildman–Crippen MR) is 80.7 cm³/mol. The summed E-state index contributed by atoms with van der Waals surface area (Å²) < 4.78 is 0. The summed E-state index contributed by atoms with van der Waals surface area (Å²) in [6.07, 6.45) is 0.665. The minimum atomic E-state index is -0.521. The lowest BCUT2D eigenvalue weighted by Crippen LogP contribution is -2.32. The number of anilines is 1. The highest BCUT2D eigenvalue weighted by Crippen LogP contribution is 2.25. The van der Waals surface area contributed by atoms with Gasteiger partial charge in [0.1, 0.15) is 5.75 Å². The van der Waals surface area contributed by atoms with Gasteiger partial charge < -0.3 is 10.4 Å². The molecule has 0 aromatic heterocycles. The third kappa shape index (κ3) is 3.60. The van der Waals surface area contributed by atoms with E-state index in [0.29, 0.717) is 12.1 Å². The number of carbonyl (C=O) groups is 1. The number of amides is 1. The van der Waals surface area contributed by atoms with Gasteiger partial charge in [-0.25, -0.2) is 0 Å². The second-order valence-corrected chi connectivity index (χ2v) is 5.55. The second-order valence-electron chi connectivity index (χ2n) is 5.55. The van der Waals surface area contributed by atoms with E-state index in [1.165, 1.54) is 6.07 Å². The van der Waals surface area contributed by atoms with Gasteiger partial charge in [0.2, 0.25) is 5.91 Å². The highest BCUT2D eigenvalue weighted by atomic mass is 16.3. The molecule has 0 atom stereocenters. The van der Waals surface area contributed by atoms with Gasteiger partial charge >= 0.3 is 0 Å². The Hall–Kier alpha value is -2.29. The first kappa shape index (κ1) is 14.1. The van der Waals surface area contributed by atoms with Gasteiger partial charge in [0.05, 0.1) is 0 Å². The summed E-state index contributed by atoms with van der Waals surface area (Å²) >= 11 is 0. The van der Waals surface area contributed by atoms with Crippen molar-refractivity contribution in [2.24, 2.45) is 5.41 Å². The summed E-state index contributed by atoms with van der Waals surface area (Å²) in [5.41, 5.74) is 1.21. The standard InChI is InChI=1S/C17H19NO2/c1-17(2,12-13-7-4-3-5-8-13)16(20)18-14-9-6-10-15(19)11-14/h3-11,19H,12H2,1-2H3,(H,18,20). The summed E-state index contributed by atoms with van der Waals surface area (Å²) in [5, 5.41) is 12.3. The van der Waals surface area contributed by atoms with Crippen LogP contribution in [-0.2, 0) is 11.2 Å². The lowest BCUT2D eigenvalue weighted by Gasteiger charge is -2.23. The summed E-state index contributed by atoms with van der Waals surface area (Å²) in [6, 6.07) is 16.5. The minimum Gasteiger partial charge on any atom is -0.508 e. The molecule has 1 amide bonds. The van der Waals surface area contributed by atoms with Crippen LogP contribution >= 0.6 is 0 Å². The monoisotopic (exact) mass is 269 g/mol. The molecule has 0 saturated carbocycles. The van der Waals surface area contributed by atoms with Gasteiger partial charge in [-0.3, -0.25) is 4.79 Å². The Morgan fingerprint density at radius 1 is 1.10 bits per heavy atom. The molecule has 2 rings (SSSR count). The van der Waals surface area contributed by atoms with Crippen molar-refractivity contribution in [3.8, 4) is 5.75 Å². The molecule has 0 aliphatic heterocycles. The number of nitrogens with one attached hydrogen (secondary N) is 1. The topological polar surface area (TPSA) is 49.3 Å². The second kappa shape index (κ2) is 5.78. The molecule has 0 radical (unpaired) electrons. The van der Waals surface area contributed by atoms with Crippen LogP contribution in [0.25, 0.3) is 0 Å². The molecule has 2 aromatic carbocycles. The molecule has 3 nitrogen and oxygen atoms in total. The molecule has 0 aliphatic carbocycles. The van der Waals surface area contributed by atoms with Crippen molar-refractivity contribution >= 4 is 11.6 Å². The summed E-state index contributed by atoms with van der Waals surface area (Å²) in [7, 11) is 0. The third-order valence-electron chi connectivity index (χ3n) is 3.21. The van der Waals surface area contributed by atoms with E-state index in [4.69, 9.17) is 0 Å². The Kier molecular flexibility index (Phi) is 4.08. The fourth-order valence-corrected chi connectivity index (χ4v) is 2.07. The molecule has 0 spiro atoms.